The molecular weight excluding hydrogens is 409 g/mol. The first-order chi connectivity index (χ1) is 10.5. The van der Waals surface area contributed by atoms with Crippen LogP contribution < -0.4 is 5.32 Å². The van der Waals surface area contributed by atoms with Crippen molar-refractivity contribution >= 4 is 29.9 Å². The Morgan fingerprint density at radius 1 is 1.52 bits per heavy atom. The molecule has 2 fully saturated rings. The first-order valence-electron chi connectivity index (χ1n) is 7.84. The standard InChI is InChI=1S/C16H25N3O3.HI/c1-15(20,13-4-3-8-22-13)10-18-14(17-2)19-7-5-16(11-19)6-9-21-12-16;/h3-4,8,20H,5-7,9-12H2,1-2H3,(H,17,18);1H. The quantitative estimate of drug-likeness (QED) is 0.431. The number of nitrogens with zero attached hydrogens (tertiary/aromatic N) is 2. The van der Waals surface area contributed by atoms with Crippen LogP contribution in [0.5, 0.6) is 0 Å². The molecule has 1 aromatic rings. The van der Waals surface area contributed by atoms with E-state index in [1.807, 2.05) is 0 Å². The molecule has 1 aromatic heterocycles. The fourth-order valence-corrected chi connectivity index (χ4v) is 3.34. The van der Waals surface area contributed by atoms with E-state index in [9.17, 15) is 5.11 Å². The summed E-state index contributed by atoms with van der Waals surface area (Å²) in [4.78, 5) is 6.61. The lowest BCUT2D eigenvalue weighted by molar-refractivity contribution is 0.0380. The molecule has 2 atom stereocenters. The number of aliphatic imine (C=N–C) groups is 1. The Balaban J connectivity index is 0.00000192. The highest BCUT2D eigenvalue weighted by molar-refractivity contribution is 14.0. The van der Waals surface area contributed by atoms with Gasteiger partial charge in [0, 0.05) is 32.2 Å². The van der Waals surface area contributed by atoms with Crippen LogP contribution in [0.3, 0.4) is 0 Å². The summed E-state index contributed by atoms with van der Waals surface area (Å²) in [7, 11) is 1.78. The molecule has 130 valence electrons. The van der Waals surface area contributed by atoms with E-state index in [-0.39, 0.29) is 24.0 Å². The molecular formula is C16H26IN3O3. The van der Waals surface area contributed by atoms with E-state index in [2.05, 4.69) is 15.2 Å². The maximum absolute atomic E-state index is 10.5. The highest BCUT2D eigenvalue weighted by atomic mass is 127. The summed E-state index contributed by atoms with van der Waals surface area (Å²) in [5.74, 6) is 1.38. The minimum absolute atomic E-state index is 0. The number of nitrogens with one attached hydrogen (secondary N) is 1. The Morgan fingerprint density at radius 2 is 2.35 bits per heavy atom. The van der Waals surface area contributed by atoms with Crippen LogP contribution in [0.1, 0.15) is 25.5 Å². The monoisotopic (exact) mass is 435 g/mol. The second-order valence-corrected chi connectivity index (χ2v) is 6.63. The number of halogens is 1. The van der Waals surface area contributed by atoms with Gasteiger partial charge in [-0.2, -0.15) is 0 Å². The molecule has 0 bridgehead atoms. The first-order valence-corrected chi connectivity index (χ1v) is 7.84. The number of likely N-dealkylation sites (tertiary alicyclic amines) is 1. The van der Waals surface area contributed by atoms with E-state index in [4.69, 9.17) is 9.15 Å². The molecule has 0 radical (unpaired) electrons. The average molecular weight is 435 g/mol. The molecule has 0 amide bonds. The molecule has 23 heavy (non-hydrogen) atoms. The zero-order valence-electron chi connectivity index (χ0n) is 13.7. The van der Waals surface area contributed by atoms with Crippen LogP contribution in [0, 0.1) is 5.41 Å². The number of aliphatic hydroxyl groups is 1. The number of rotatable bonds is 3. The van der Waals surface area contributed by atoms with Crippen LogP contribution in [0.4, 0.5) is 0 Å². The molecule has 7 heteroatoms. The molecule has 3 heterocycles. The van der Waals surface area contributed by atoms with E-state index in [0.29, 0.717) is 17.7 Å². The number of ether oxygens (including phenoxy) is 1. The summed E-state index contributed by atoms with van der Waals surface area (Å²) in [6.07, 6.45) is 3.84. The summed E-state index contributed by atoms with van der Waals surface area (Å²) in [5.41, 5.74) is -0.769. The van der Waals surface area contributed by atoms with Crippen LogP contribution in [0.15, 0.2) is 27.8 Å². The Kier molecular flexibility index (Phi) is 5.96. The Morgan fingerprint density at radius 3 is 2.96 bits per heavy atom. The smallest absolute Gasteiger partial charge is 0.193 e. The van der Waals surface area contributed by atoms with E-state index >= 15 is 0 Å². The molecule has 6 nitrogen and oxygen atoms in total. The third-order valence-corrected chi connectivity index (χ3v) is 4.78. The van der Waals surface area contributed by atoms with Gasteiger partial charge < -0.3 is 24.5 Å². The van der Waals surface area contributed by atoms with Crippen molar-refractivity contribution in [2.45, 2.75) is 25.4 Å². The molecule has 2 unspecified atom stereocenters. The largest absolute Gasteiger partial charge is 0.466 e. The van der Waals surface area contributed by atoms with Crippen molar-refractivity contribution in [3.8, 4) is 0 Å². The molecule has 2 saturated heterocycles. The molecule has 1 spiro atoms. The lowest BCUT2D eigenvalue weighted by Gasteiger charge is -2.28. The summed E-state index contributed by atoms with van der Waals surface area (Å²) in [6, 6.07) is 3.56. The van der Waals surface area contributed by atoms with Crippen molar-refractivity contribution in [3.05, 3.63) is 24.2 Å². The molecule has 2 aliphatic heterocycles. The molecule has 0 aromatic carbocycles. The van der Waals surface area contributed by atoms with Gasteiger partial charge in [0.2, 0.25) is 0 Å². The minimum Gasteiger partial charge on any atom is -0.466 e. The van der Waals surface area contributed by atoms with Crippen molar-refractivity contribution in [3.63, 3.8) is 0 Å². The maximum atomic E-state index is 10.5. The van der Waals surface area contributed by atoms with Crippen LogP contribution in [-0.2, 0) is 10.3 Å². The Hall–Kier alpha value is -0.800. The summed E-state index contributed by atoms with van der Waals surface area (Å²) < 4.78 is 10.9. The highest BCUT2D eigenvalue weighted by Crippen LogP contribution is 2.38. The number of furan rings is 1. The summed E-state index contributed by atoms with van der Waals surface area (Å²) in [5, 5.41) is 13.8. The van der Waals surface area contributed by atoms with Gasteiger partial charge in [-0.15, -0.1) is 24.0 Å². The van der Waals surface area contributed by atoms with Crippen LogP contribution >= 0.6 is 24.0 Å². The van der Waals surface area contributed by atoms with Gasteiger partial charge in [-0.05, 0) is 31.9 Å². The van der Waals surface area contributed by atoms with E-state index in [0.717, 1.165) is 45.1 Å². The van der Waals surface area contributed by atoms with Crippen molar-refractivity contribution in [2.75, 3.05) is 39.9 Å². The molecule has 2 aliphatic rings. The van der Waals surface area contributed by atoms with Gasteiger partial charge in [0.15, 0.2) is 5.96 Å². The fourth-order valence-electron chi connectivity index (χ4n) is 3.34. The first kappa shape index (κ1) is 18.5. The summed E-state index contributed by atoms with van der Waals surface area (Å²) >= 11 is 0. The van der Waals surface area contributed by atoms with E-state index in [1.165, 1.54) is 0 Å². The molecule has 3 rings (SSSR count). The number of hydrogen-bond acceptors (Lipinski definition) is 4. The van der Waals surface area contributed by atoms with Gasteiger partial charge in [0.1, 0.15) is 11.4 Å². The Labute approximate surface area is 154 Å². The normalized spacial score (nSPS) is 27.1. The second-order valence-electron chi connectivity index (χ2n) is 6.63. The predicted molar refractivity (Wildman–Crippen MR) is 99.1 cm³/mol. The van der Waals surface area contributed by atoms with Gasteiger partial charge in [-0.3, -0.25) is 4.99 Å². The third kappa shape index (κ3) is 4.00. The van der Waals surface area contributed by atoms with Crippen molar-refractivity contribution in [2.24, 2.45) is 10.4 Å². The van der Waals surface area contributed by atoms with Crippen molar-refractivity contribution in [1.82, 2.24) is 10.2 Å². The van der Waals surface area contributed by atoms with Crippen LogP contribution in [0.25, 0.3) is 0 Å². The predicted octanol–water partition coefficient (Wildman–Crippen LogP) is 1.79. The topological polar surface area (TPSA) is 70.2 Å². The highest BCUT2D eigenvalue weighted by Gasteiger charge is 2.42. The van der Waals surface area contributed by atoms with Crippen LogP contribution in [-0.4, -0.2) is 55.9 Å². The fraction of sp³-hybridized carbons (Fsp3) is 0.688. The van der Waals surface area contributed by atoms with Gasteiger partial charge >= 0.3 is 0 Å². The molecule has 0 saturated carbocycles. The average Bonchev–Trinajstić information content (AvgIpc) is 3.24. The van der Waals surface area contributed by atoms with Gasteiger partial charge in [0.05, 0.1) is 19.4 Å². The molecule has 0 aliphatic carbocycles. The van der Waals surface area contributed by atoms with Gasteiger partial charge in [0.25, 0.3) is 0 Å². The zero-order valence-corrected chi connectivity index (χ0v) is 16.1. The number of hydrogen-bond donors (Lipinski definition) is 2. The molecule has 2 N–H and O–H groups in total. The maximum Gasteiger partial charge on any atom is 0.193 e. The summed E-state index contributed by atoms with van der Waals surface area (Å²) in [6.45, 7) is 5.76. The van der Waals surface area contributed by atoms with Gasteiger partial charge in [-0.25, -0.2) is 0 Å². The van der Waals surface area contributed by atoms with Crippen molar-refractivity contribution < 1.29 is 14.3 Å². The lowest BCUT2D eigenvalue weighted by Crippen LogP contribution is -2.46. The second kappa shape index (κ2) is 7.40. The van der Waals surface area contributed by atoms with Crippen LogP contribution in [0.2, 0.25) is 0 Å². The Bertz CT molecular complexity index is 525. The third-order valence-electron chi connectivity index (χ3n) is 4.78. The minimum atomic E-state index is -1.06. The van der Waals surface area contributed by atoms with E-state index < -0.39 is 5.60 Å². The lowest BCUT2D eigenvalue weighted by atomic mass is 9.87. The van der Waals surface area contributed by atoms with Crippen molar-refractivity contribution in [1.29, 1.82) is 0 Å². The number of guanidine groups is 1. The zero-order chi connectivity index (χ0) is 15.6. The van der Waals surface area contributed by atoms with Gasteiger partial charge in [-0.1, -0.05) is 0 Å². The van der Waals surface area contributed by atoms with E-state index in [1.54, 1.807) is 32.4 Å². The SMILES string of the molecule is CN=C(NCC(C)(O)c1ccco1)N1CCC2(CCOC2)C1.I.